The number of nitrogens with one attached hydrogen (secondary N) is 2. The SMILES string of the molecule is COc1cc(C=NNC(=O)C(=Cc2ccc3c(c2)OCO3)NC(=O)c2ccccc2)ccc1OC(=O)c1ccc(Cl)cc1Cl. The third-order valence-corrected chi connectivity index (χ3v) is 6.71. The molecule has 0 atom stereocenters. The van der Waals surface area contributed by atoms with Crippen LogP contribution < -0.4 is 29.7 Å². The van der Waals surface area contributed by atoms with Crippen molar-refractivity contribution in [1.29, 1.82) is 0 Å². The van der Waals surface area contributed by atoms with Gasteiger partial charge < -0.3 is 24.3 Å². The molecule has 0 saturated carbocycles. The highest BCUT2D eigenvalue weighted by molar-refractivity contribution is 6.36. The topological polar surface area (TPSA) is 125 Å². The van der Waals surface area contributed by atoms with E-state index in [0.29, 0.717) is 33.2 Å². The molecule has 0 aromatic heterocycles. The van der Waals surface area contributed by atoms with Crippen LogP contribution in [0.3, 0.4) is 0 Å². The second-order valence-electron chi connectivity index (χ2n) is 9.11. The summed E-state index contributed by atoms with van der Waals surface area (Å²) in [6.07, 6.45) is 2.85. The lowest BCUT2D eigenvalue weighted by Gasteiger charge is -2.11. The highest BCUT2D eigenvalue weighted by Gasteiger charge is 2.18. The fourth-order valence-corrected chi connectivity index (χ4v) is 4.48. The molecule has 0 unspecified atom stereocenters. The molecule has 0 radical (unpaired) electrons. The van der Waals surface area contributed by atoms with Gasteiger partial charge in [-0.1, -0.05) is 47.5 Å². The van der Waals surface area contributed by atoms with Crippen molar-refractivity contribution in [2.75, 3.05) is 13.9 Å². The number of rotatable bonds is 9. The molecule has 222 valence electrons. The normalized spacial score (nSPS) is 12.1. The number of carbonyl (C=O) groups excluding carboxylic acids is 3. The average molecular weight is 632 g/mol. The number of hydrazone groups is 1. The molecule has 0 saturated heterocycles. The number of fused-ring (bicyclic) bond motifs is 1. The maximum absolute atomic E-state index is 13.2. The van der Waals surface area contributed by atoms with Gasteiger partial charge >= 0.3 is 5.97 Å². The number of hydrogen-bond acceptors (Lipinski definition) is 8. The molecule has 2 N–H and O–H groups in total. The zero-order valence-corrected chi connectivity index (χ0v) is 24.5. The summed E-state index contributed by atoms with van der Waals surface area (Å²) in [5.74, 6) is -0.383. The molecule has 2 amide bonds. The number of ether oxygens (including phenoxy) is 4. The van der Waals surface area contributed by atoms with Crippen molar-refractivity contribution in [3.8, 4) is 23.0 Å². The van der Waals surface area contributed by atoms with Gasteiger partial charge in [0.2, 0.25) is 6.79 Å². The third-order valence-electron chi connectivity index (χ3n) is 6.16. The number of nitrogens with zero attached hydrogens (tertiary/aromatic N) is 1. The molecule has 1 heterocycles. The van der Waals surface area contributed by atoms with Crippen LogP contribution in [0.15, 0.2) is 95.7 Å². The second kappa shape index (κ2) is 13.8. The van der Waals surface area contributed by atoms with E-state index in [9.17, 15) is 14.4 Å². The summed E-state index contributed by atoms with van der Waals surface area (Å²) in [4.78, 5) is 38.6. The Kier molecular flexibility index (Phi) is 9.43. The lowest BCUT2D eigenvalue weighted by molar-refractivity contribution is -0.117. The monoisotopic (exact) mass is 631 g/mol. The van der Waals surface area contributed by atoms with Gasteiger partial charge in [0.15, 0.2) is 23.0 Å². The van der Waals surface area contributed by atoms with E-state index in [2.05, 4.69) is 15.8 Å². The largest absolute Gasteiger partial charge is 0.493 e. The number of methoxy groups -OCH3 is 1. The van der Waals surface area contributed by atoms with E-state index < -0.39 is 17.8 Å². The summed E-state index contributed by atoms with van der Waals surface area (Å²) in [5, 5.41) is 7.19. The first kappa shape index (κ1) is 30.1. The van der Waals surface area contributed by atoms with Crippen LogP contribution in [-0.4, -0.2) is 37.9 Å². The van der Waals surface area contributed by atoms with E-state index in [1.54, 1.807) is 60.7 Å². The molecular weight excluding hydrogens is 609 g/mol. The minimum Gasteiger partial charge on any atom is -0.493 e. The van der Waals surface area contributed by atoms with Crippen LogP contribution >= 0.6 is 23.2 Å². The van der Waals surface area contributed by atoms with Crippen molar-refractivity contribution in [1.82, 2.24) is 10.7 Å². The fraction of sp³-hybridized carbons (Fsp3) is 0.0625. The fourth-order valence-electron chi connectivity index (χ4n) is 4.00. The van der Waals surface area contributed by atoms with Crippen LogP contribution in [0.25, 0.3) is 6.08 Å². The van der Waals surface area contributed by atoms with Crippen LogP contribution in [-0.2, 0) is 4.79 Å². The second-order valence-corrected chi connectivity index (χ2v) is 9.96. The maximum Gasteiger partial charge on any atom is 0.345 e. The Hall–Kier alpha value is -5.32. The third kappa shape index (κ3) is 7.35. The summed E-state index contributed by atoms with van der Waals surface area (Å²) in [6.45, 7) is 0.0974. The first-order valence-corrected chi connectivity index (χ1v) is 13.7. The molecule has 1 aliphatic heterocycles. The Morgan fingerprint density at radius 2 is 1.64 bits per heavy atom. The Balaban J connectivity index is 1.31. The highest BCUT2D eigenvalue weighted by atomic mass is 35.5. The van der Waals surface area contributed by atoms with Crippen molar-refractivity contribution in [2.45, 2.75) is 0 Å². The minimum absolute atomic E-state index is 0.0597. The average Bonchev–Trinajstić information content (AvgIpc) is 3.49. The van der Waals surface area contributed by atoms with Gasteiger partial charge in [-0.25, -0.2) is 10.2 Å². The smallest absolute Gasteiger partial charge is 0.345 e. The number of halogens is 2. The molecule has 4 aromatic rings. The van der Waals surface area contributed by atoms with Crippen LogP contribution in [0, 0.1) is 0 Å². The van der Waals surface area contributed by atoms with E-state index in [1.807, 2.05) is 0 Å². The molecule has 5 rings (SSSR count). The van der Waals surface area contributed by atoms with Gasteiger partial charge in [0, 0.05) is 10.6 Å². The van der Waals surface area contributed by atoms with Crippen molar-refractivity contribution in [3.63, 3.8) is 0 Å². The molecule has 4 aromatic carbocycles. The molecule has 44 heavy (non-hydrogen) atoms. The summed E-state index contributed by atoms with van der Waals surface area (Å²) in [7, 11) is 1.41. The van der Waals surface area contributed by atoms with Crippen molar-refractivity contribution >= 4 is 53.3 Å². The minimum atomic E-state index is -0.696. The van der Waals surface area contributed by atoms with Gasteiger partial charge in [0.1, 0.15) is 5.70 Å². The zero-order valence-electron chi connectivity index (χ0n) is 23.0. The van der Waals surface area contributed by atoms with Crippen LogP contribution in [0.5, 0.6) is 23.0 Å². The Bertz CT molecular complexity index is 1790. The lowest BCUT2D eigenvalue weighted by Crippen LogP contribution is -2.32. The van der Waals surface area contributed by atoms with Gasteiger partial charge in [0.05, 0.1) is 23.9 Å². The standard InChI is InChI=1S/C32H23Cl2N3O7/c1-41-28-15-20(8-12-27(28)44-32(40)23-10-9-22(33)16-24(23)34)17-35-37-31(39)25(36-30(38)21-5-3-2-4-6-21)13-19-7-11-26-29(14-19)43-18-42-26/h2-17H,18H2,1H3,(H,36,38)(H,37,39). The summed E-state index contributed by atoms with van der Waals surface area (Å²) in [6, 6.07) is 22.7. The molecule has 0 aliphatic carbocycles. The highest BCUT2D eigenvalue weighted by Crippen LogP contribution is 2.33. The van der Waals surface area contributed by atoms with Crippen molar-refractivity contribution < 1.29 is 33.3 Å². The molecule has 0 bridgehead atoms. The number of amides is 2. The van der Waals surface area contributed by atoms with Gasteiger partial charge in [-0.05, 0) is 77.9 Å². The molecule has 0 spiro atoms. The molecule has 1 aliphatic rings. The maximum atomic E-state index is 13.2. The molecular formula is C32H23Cl2N3O7. The number of carbonyl (C=O) groups is 3. The predicted octanol–water partition coefficient (Wildman–Crippen LogP) is 5.87. The zero-order chi connectivity index (χ0) is 31.1. The van der Waals surface area contributed by atoms with Gasteiger partial charge in [-0.2, -0.15) is 5.10 Å². The molecule has 12 heteroatoms. The predicted molar refractivity (Wildman–Crippen MR) is 165 cm³/mol. The van der Waals surface area contributed by atoms with Crippen molar-refractivity contribution in [3.05, 3.63) is 123 Å². The summed E-state index contributed by atoms with van der Waals surface area (Å²) < 4.78 is 21.6. The van der Waals surface area contributed by atoms with E-state index in [1.165, 1.54) is 43.7 Å². The number of esters is 1. The Labute approximate surface area is 261 Å². The van der Waals surface area contributed by atoms with E-state index >= 15 is 0 Å². The van der Waals surface area contributed by atoms with Gasteiger partial charge in [-0.15, -0.1) is 0 Å². The first-order chi connectivity index (χ1) is 21.3. The van der Waals surface area contributed by atoms with E-state index in [-0.39, 0.29) is 34.6 Å². The summed E-state index contributed by atoms with van der Waals surface area (Å²) in [5.41, 5.74) is 3.96. The Morgan fingerprint density at radius 1 is 0.864 bits per heavy atom. The number of benzene rings is 4. The van der Waals surface area contributed by atoms with Crippen LogP contribution in [0.4, 0.5) is 0 Å². The van der Waals surface area contributed by atoms with Crippen molar-refractivity contribution in [2.24, 2.45) is 5.10 Å². The molecule has 10 nitrogen and oxygen atoms in total. The summed E-state index contributed by atoms with van der Waals surface area (Å²) >= 11 is 12.0. The quantitative estimate of drug-likeness (QED) is 0.0778. The first-order valence-electron chi connectivity index (χ1n) is 13.0. The van der Waals surface area contributed by atoms with E-state index in [4.69, 9.17) is 42.1 Å². The molecule has 0 fully saturated rings. The number of hydrogen-bond donors (Lipinski definition) is 2. The lowest BCUT2D eigenvalue weighted by atomic mass is 10.1. The van der Waals surface area contributed by atoms with Gasteiger partial charge in [0.25, 0.3) is 11.8 Å². The van der Waals surface area contributed by atoms with Gasteiger partial charge in [-0.3, -0.25) is 9.59 Å². The van der Waals surface area contributed by atoms with E-state index in [0.717, 1.165) is 0 Å². The van der Waals surface area contributed by atoms with Crippen LogP contribution in [0.2, 0.25) is 10.0 Å². The van der Waals surface area contributed by atoms with Crippen LogP contribution in [0.1, 0.15) is 31.8 Å². The Morgan fingerprint density at radius 3 is 2.41 bits per heavy atom.